The highest BCUT2D eigenvalue weighted by Crippen LogP contribution is 2.24. The molecule has 2 rings (SSSR count). The Morgan fingerprint density at radius 3 is 2.86 bits per heavy atom. The summed E-state index contributed by atoms with van der Waals surface area (Å²) in [5.74, 6) is 0.468. The largest absolute Gasteiger partial charge is 0.383 e. The minimum Gasteiger partial charge on any atom is -0.383 e. The summed E-state index contributed by atoms with van der Waals surface area (Å²) in [4.78, 5) is 3.96. The van der Waals surface area contributed by atoms with Gasteiger partial charge in [-0.2, -0.15) is 5.10 Å². The zero-order chi connectivity index (χ0) is 10.1. The summed E-state index contributed by atoms with van der Waals surface area (Å²) in [7, 11) is 0. The average molecular weight is 253 g/mol. The molecule has 2 N–H and O–H groups in total. The molecule has 2 aromatic rings. The van der Waals surface area contributed by atoms with E-state index in [9.17, 15) is 0 Å². The third-order valence-electron chi connectivity index (χ3n) is 1.87. The Balaban J connectivity index is 2.57. The first kappa shape index (κ1) is 9.21. The first-order valence-electron chi connectivity index (χ1n) is 4.11. The standard InChI is InChI=1S/C9H9BrN4/c1-6-3-5-14(13-6)7-2-4-12-9(11)8(7)10/h2-5H,1H3,(H2,11,12). The van der Waals surface area contributed by atoms with Gasteiger partial charge in [0.25, 0.3) is 0 Å². The summed E-state index contributed by atoms with van der Waals surface area (Å²) in [5.41, 5.74) is 7.52. The Kier molecular flexibility index (Phi) is 2.25. The molecule has 0 spiro atoms. The van der Waals surface area contributed by atoms with Crippen LogP contribution in [0, 0.1) is 6.92 Å². The van der Waals surface area contributed by atoms with Crippen LogP contribution in [0.4, 0.5) is 5.82 Å². The third-order valence-corrected chi connectivity index (χ3v) is 2.68. The normalized spacial score (nSPS) is 10.4. The monoisotopic (exact) mass is 252 g/mol. The van der Waals surface area contributed by atoms with E-state index in [0.717, 1.165) is 15.9 Å². The highest BCUT2D eigenvalue weighted by molar-refractivity contribution is 9.10. The number of rotatable bonds is 1. The van der Waals surface area contributed by atoms with Gasteiger partial charge in [0, 0.05) is 12.4 Å². The average Bonchev–Trinajstić information content (AvgIpc) is 2.57. The predicted octanol–water partition coefficient (Wildman–Crippen LogP) is 1.92. The van der Waals surface area contributed by atoms with E-state index < -0.39 is 0 Å². The van der Waals surface area contributed by atoms with E-state index in [0.29, 0.717) is 5.82 Å². The molecule has 0 aliphatic heterocycles. The number of aryl methyl sites for hydroxylation is 1. The lowest BCUT2D eigenvalue weighted by Gasteiger charge is -2.05. The number of hydrogen-bond donors (Lipinski definition) is 1. The lowest BCUT2D eigenvalue weighted by Crippen LogP contribution is -2.00. The summed E-state index contributed by atoms with van der Waals surface area (Å²) in [6, 6.07) is 3.79. The highest BCUT2D eigenvalue weighted by Gasteiger charge is 2.06. The van der Waals surface area contributed by atoms with Crippen molar-refractivity contribution < 1.29 is 0 Å². The van der Waals surface area contributed by atoms with Crippen molar-refractivity contribution in [2.75, 3.05) is 5.73 Å². The Hall–Kier alpha value is -1.36. The molecule has 2 heterocycles. The molecule has 0 unspecified atom stereocenters. The summed E-state index contributed by atoms with van der Waals surface area (Å²) in [6.07, 6.45) is 3.54. The fraction of sp³-hybridized carbons (Fsp3) is 0.111. The molecule has 0 saturated heterocycles. The lowest BCUT2D eigenvalue weighted by molar-refractivity contribution is 0.856. The molecule has 14 heavy (non-hydrogen) atoms. The Labute approximate surface area is 89.9 Å². The second-order valence-corrected chi connectivity index (χ2v) is 3.72. The van der Waals surface area contributed by atoms with Gasteiger partial charge in [-0.3, -0.25) is 0 Å². The Bertz CT molecular complexity index is 464. The molecule has 0 aliphatic rings. The molecule has 2 aromatic heterocycles. The van der Waals surface area contributed by atoms with E-state index in [2.05, 4.69) is 26.0 Å². The number of pyridine rings is 1. The van der Waals surface area contributed by atoms with Crippen molar-refractivity contribution >= 4 is 21.7 Å². The summed E-state index contributed by atoms with van der Waals surface area (Å²) < 4.78 is 2.53. The summed E-state index contributed by atoms with van der Waals surface area (Å²) in [6.45, 7) is 1.94. The molecular formula is C9H9BrN4. The Morgan fingerprint density at radius 2 is 2.21 bits per heavy atom. The van der Waals surface area contributed by atoms with Gasteiger partial charge in [-0.1, -0.05) is 0 Å². The van der Waals surface area contributed by atoms with Crippen LogP contribution < -0.4 is 5.73 Å². The Morgan fingerprint density at radius 1 is 1.43 bits per heavy atom. The van der Waals surface area contributed by atoms with E-state index in [4.69, 9.17) is 5.73 Å². The number of anilines is 1. The van der Waals surface area contributed by atoms with Crippen LogP contribution in [0.1, 0.15) is 5.69 Å². The smallest absolute Gasteiger partial charge is 0.139 e. The molecule has 5 heteroatoms. The van der Waals surface area contributed by atoms with Gasteiger partial charge in [0.05, 0.1) is 15.9 Å². The number of aromatic nitrogens is 3. The van der Waals surface area contributed by atoms with Crippen molar-refractivity contribution in [2.24, 2.45) is 0 Å². The molecule has 0 radical (unpaired) electrons. The minimum absolute atomic E-state index is 0.468. The van der Waals surface area contributed by atoms with Gasteiger partial charge in [0.1, 0.15) is 5.82 Å². The SMILES string of the molecule is Cc1ccn(-c2ccnc(N)c2Br)n1. The quantitative estimate of drug-likeness (QED) is 0.844. The number of hydrogen-bond acceptors (Lipinski definition) is 3. The number of nitrogens with zero attached hydrogens (tertiary/aromatic N) is 3. The fourth-order valence-electron chi connectivity index (χ4n) is 1.18. The minimum atomic E-state index is 0.468. The van der Waals surface area contributed by atoms with Crippen LogP contribution in [0.2, 0.25) is 0 Å². The van der Waals surface area contributed by atoms with Crippen LogP contribution in [-0.2, 0) is 0 Å². The van der Waals surface area contributed by atoms with Crippen LogP contribution in [0.25, 0.3) is 5.69 Å². The van der Waals surface area contributed by atoms with Crippen molar-refractivity contribution in [2.45, 2.75) is 6.92 Å². The van der Waals surface area contributed by atoms with E-state index >= 15 is 0 Å². The maximum absolute atomic E-state index is 5.67. The zero-order valence-corrected chi connectivity index (χ0v) is 9.19. The van der Waals surface area contributed by atoms with Gasteiger partial charge < -0.3 is 5.73 Å². The molecule has 0 aliphatic carbocycles. The molecule has 0 bridgehead atoms. The molecule has 72 valence electrons. The molecular weight excluding hydrogens is 244 g/mol. The number of halogens is 1. The van der Waals surface area contributed by atoms with Gasteiger partial charge in [0.15, 0.2) is 0 Å². The first-order valence-corrected chi connectivity index (χ1v) is 4.90. The lowest BCUT2D eigenvalue weighted by atomic mass is 10.4. The van der Waals surface area contributed by atoms with Gasteiger partial charge >= 0.3 is 0 Å². The van der Waals surface area contributed by atoms with Gasteiger partial charge in [-0.05, 0) is 35.0 Å². The third kappa shape index (κ3) is 1.50. The van der Waals surface area contributed by atoms with Crippen molar-refractivity contribution in [3.8, 4) is 5.69 Å². The fourth-order valence-corrected chi connectivity index (χ4v) is 1.59. The van der Waals surface area contributed by atoms with Crippen molar-refractivity contribution in [3.63, 3.8) is 0 Å². The zero-order valence-electron chi connectivity index (χ0n) is 7.61. The topological polar surface area (TPSA) is 56.7 Å². The second kappa shape index (κ2) is 3.42. The van der Waals surface area contributed by atoms with E-state index in [1.165, 1.54) is 0 Å². The van der Waals surface area contributed by atoms with Crippen LogP contribution in [0.5, 0.6) is 0 Å². The predicted molar refractivity (Wildman–Crippen MR) is 58.2 cm³/mol. The van der Waals surface area contributed by atoms with Crippen molar-refractivity contribution in [1.29, 1.82) is 0 Å². The molecule has 0 saturated carbocycles. The molecule has 4 nitrogen and oxygen atoms in total. The van der Waals surface area contributed by atoms with Crippen LogP contribution in [-0.4, -0.2) is 14.8 Å². The maximum atomic E-state index is 5.67. The van der Waals surface area contributed by atoms with E-state index in [1.54, 1.807) is 10.9 Å². The molecule has 0 atom stereocenters. The first-order chi connectivity index (χ1) is 6.68. The molecule has 0 aromatic carbocycles. The van der Waals surface area contributed by atoms with Crippen LogP contribution >= 0.6 is 15.9 Å². The summed E-state index contributed by atoms with van der Waals surface area (Å²) >= 11 is 3.38. The highest BCUT2D eigenvalue weighted by atomic mass is 79.9. The summed E-state index contributed by atoms with van der Waals surface area (Å²) in [5, 5.41) is 4.29. The number of nitrogen functional groups attached to an aromatic ring is 1. The second-order valence-electron chi connectivity index (χ2n) is 2.93. The van der Waals surface area contributed by atoms with Gasteiger partial charge in [0.2, 0.25) is 0 Å². The van der Waals surface area contributed by atoms with Crippen LogP contribution in [0.15, 0.2) is 29.0 Å². The van der Waals surface area contributed by atoms with E-state index in [1.807, 2.05) is 25.3 Å². The van der Waals surface area contributed by atoms with Crippen LogP contribution in [0.3, 0.4) is 0 Å². The molecule has 0 fully saturated rings. The van der Waals surface area contributed by atoms with Crippen molar-refractivity contribution in [1.82, 2.24) is 14.8 Å². The number of nitrogens with two attached hydrogens (primary N) is 1. The van der Waals surface area contributed by atoms with Gasteiger partial charge in [-0.25, -0.2) is 9.67 Å². The maximum Gasteiger partial charge on any atom is 0.139 e. The molecule has 0 amide bonds. The van der Waals surface area contributed by atoms with Gasteiger partial charge in [-0.15, -0.1) is 0 Å². The van der Waals surface area contributed by atoms with Crippen molar-refractivity contribution in [3.05, 3.63) is 34.7 Å². The van der Waals surface area contributed by atoms with E-state index in [-0.39, 0.29) is 0 Å².